The van der Waals surface area contributed by atoms with Gasteiger partial charge in [0.25, 0.3) is 0 Å². The first-order valence-electron chi connectivity index (χ1n) is 6.41. The van der Waals surface area contributed by atoms with Crippen LogP contribution in [0.25, 0.3) is 20.7 Å². The van der Waals surface area contributed by atoms with Crippen molar-refractivity contribution < 1.29 is 14.0 Å². The molecule has 1 aromatic carbocycles. The van der Waals surface area contributed by atoms with Gasteiger partial charge in [0.2, 0.25) is 0 Å². The van der Waals surface area contributed by atoms with E-state index >= 15 is 0 Å². The van der Waals surface area contributed by atoms with Crippen LogP contribution in [0.4, 0.5) is 10.2 Å². The fourth-order valence-corrected chi connectivity index (χ4v) is 2.94. The summed E-state index contributed by atoms with van der Waals surface area (Å²) in [6.45, 7) is 0. The summed E-state index contributed by atoms with van der Waals surface area (Å²) in [5, 5.41) is 0. The molecule has 2 amide bonds. The third kappa shape index (κ3) is 3.09. The van der Waals surface area contributed by atoms with Crippen molar-refractivity contribution in [3.8, 4) is 10.4 Å². The zero-order valence-electron chi connectivity index (χ0n) is 11.5. The molecule has 23 heavy (non-hydrogen) atoms. The first-order chi connectivity index (χ1) is 11.0. The third-order valence-corrected chi connectivity index (χ3v) is 4.14. The van der Waals surface area contributed by atoms with Crippen LogP contribution < -0.4 is 16.6 Å². The van der Waals surface area contributed by atoms with Crippen molar-refractivity contribution in [1.29, 1.82) is 0 Å². The van der Waals surface area contributed by atoms with Gasteiger partial charge in [-0.05, 0) is 23.8 Å². The molecule has 3 aromatic rings. The number of amides is 2. The summed E-state index contributed by atoms with van der Waals surface area (Å²) in [5.41, 5.74) is 11.0. The maximum absolute atomic E-state index is 13.0. The molecule has 4 N–H and O–H groups in total. The number of hydrogen-bond donors (Lipinski definition) is 3. The Balaban J connectivity index is 1.93. The van der Waals surface area contributed by atoms with Gasteiger partial charge >= 0.3 is 11.8 Å². The Kier molecular flexibility index (Phi) is 3.85. The fourth-order valence-electron chi connectivity index (χ4n) is 1.88. The number of primary amides is 1. The van der Waals surface area contributed by atoms with Crippen LogP contribution in [-0.2, 0) is 9.59 Å². The lowest BCUT2D eigenvalue weighted by Crippen LogP contribution is -2.39. The second-order valence-electron chi connectivity index (χ2n) is 4.50. The van der Waals surface area contributed by atoms with Crippen molar-refractivity contribution in [2.45, 2.75) is 0 Å². The highest BCUT2D eigenvalue weighted by Gasteiger charge is 2.12. The number of nitrogens with zero attached hydrogens (tertiary/aromatic N) is 2. The lowest BCUT2D eigenvalue weighted by molar-refractivity contribution is -0.136. The molecule has 0 unspecified atom stereocenters. The number of thiophene rings is 1. The predicted molar refractivity (Wildman–Crippen MR) is 83.8 cm³/mol. The minimum absolute atomic E-state index is 0.314. The summed E-state index contributed by atoms with van der Waals surface area (Å²) in [5.74, 6) is -2.07. The summed E-state index contributed by atoms with van der Waals surface area (Å²) in [6.07, 6.45) is 1.32. The van der Waals surface area contributed by atoms with Crippen molar-refractivity contribution in [2.75, 3.05) is 5.43 Å². The number of carbonyl (C=O) groups is 2. The first-order valence-corrected chi connectivity index (χ1v) is 7.22. The van der Waals surface area contributed by atoms with Crippen LogP contribution in [0, 0.1) is 5.82 Å². The molecule has 0 saturated carbocycles. The average molecular weight is 331 g/mol. The van der Waals surface area contributed by atoms with Gasteiger partial charge < -0.3 is 5.73 Å². The van der Waals surface area contributed by atoms with E-state index in [1.807, 2.05) is 6.07 Å². The molecule has 0 bridgehead atoms. The SMILES string of the molecule is NC(=O)C(=O)NNc1ncnc2cc(-c3ccc(F)cc3)sc12. The Morgan fingerprint density at radius 2 is 1.91 bits per heavy atom. The largest absolute Gasteiger partial charge is 0.361 e. The lowest BCUT2D eigenvalue weighted by atomic mass is 10.2. The number of aromatic nitrogens is 2. The van der Waals surface area contributed by atoms with E-state index in [1.54, 1.807) is 12.1 Å². The van der Waals surface area contributed by atoms with E-state index in [9.17, 15) is 14.0 Å². The van der Waals surface area contributed by atoms with Crippen molar-refractivity contribution in [2.24, 2.45) is 5.73 Å². The molecule has 0 spiro atoms. The molecule has 0 radical (unpaired) electrons. The summed E-state index contributed by atoms with van der Waals surface area (Å²) in [6, 6.07) is 7.90. The molecule has 0 aliphatic carbocycles. The number of hydrogen-bond acceptors (Lipinski definition) is 6. The molecule has 0 aliphatic rings. The van der Waals surface area contributed by atoms with Gasteiger partial charge in [0, 0.05) is 4.88 Å². The summed E-state index contributed by atoms with van der Waals surface area (Å²) in [7, 11) is 0. The highest BCUT2D eigenvalue weighted by Crippen LogP contribution is 2.35. The lowest BCUT2D eigenvalue weighted by Gasteiger charge is -2.05. The van der Waals surface area contributed by atoms with Gasteiger partial charge in [-0.15, -0.1) is 11.3 Å². The summed E-state index contributed by atoms with van der Waals surface area (Å²) < 4.78 is 13.7. The Morgan fingerprint density at radius 1 is 1.17 bits per heavy atom. The maximum Gasteiger partial charge on any atom is 0.327 e. The Morgan fingerprint density at radius 3 is 2.61 bits per heavy atom. The maximum atomic E-state index is 13.0. The van der Waals surface area contributed by atoms with Gasteiger partial charge in [-0.25, -0.2) is 14.4 Å². The second kappa shape index (κ2) is 5.97. The zero-order chi connectivity index (χ0) is 16.4. The Hall–Kier alpha value is -3.07. The van der Waals surface area contributed by atoms with E-state index in [2.05, 4.69) is 20.8 Å². The second-order valence-corrected chi connectivity index (χ2v) is 5.55. The zero-order valence-corrected chi connectivity index (χ0v) is 12.4. The van der Waals surface area contributed by atoms with Crippen molar-refractivity contribution >= 4 is 39.2 Å². The van der Waals surface area contributed by atoms with Crippen molar-refractivity contribution in [1.82, 2.24) is 15.4 Å². The van der Waals surface area contributed by atoms with Crippen LogP contribution in [0.15, 0.2) is 36.7 Å². The Labute approximate surface area is 133 Å². The van der Waals surface area contributed by atoms with E-state index in [4.69, 9.17) is 5.73 Å². The van der Waals surface area contributed by atoms with Gasteiger partial charge in [0.15, 0.2) is 5.82 Å². The topological polar surface area (TPSA) is 110 Å². The number of rotatable bonds is 3. The van der Waals surface area contributed by atoms with Gasteiger partial charge in [0.1, 0.15) is 12.1 Å². The van der Waals surface area contributed by atoms with Crippen LogP contribution in [0.1, 0.15) is 0 Å². The fraction of sp³-hybridized carbons (Fsp3) is 0. The van der Waals surface area contributed by atoms with E-state index in [0.29, 0.717) is 16.0 Å². The number of nitrogens with one attached hydrogen (secondary N) is 2. The monoisotopic (exact) mass is 331 g/mol. The minimum atomic E-state index is -1.11. The van der Waals surface area contributed by atoms with Gasteiger partial charge in [-0.3, -0.25) is 20.4 Å². The molecular formula is C14H10FN5O2S. The van der Waals surface area contributed by atoms with Gasteiger partial charge in [-0.2, -0.15) is 0 Å². The van der Waals surface area contributed by atoms with Crippen molar-refractivity contribution in [3.63, 3.8) is 0 Å². The van der Waals surface area contributed by atoms with Gasteiger partial charge in [0.05, 0.1) is 10.2 Å². The van der Waals surface area contributed by atoms with Gasteiger partial charge in [-0.1, -0.05) is 12.1 Å². The van der Waals surface area contributed by atoms with E-state index in [1.165, 1.54) is 29.8 Å². The molecule has 0 atom stereocenters. The number of benzene rings is 1. The molecule has 0 aliphatic heterocycles. The number of nitrogens with two attached hydrogens (primary N) is 1. The number of fused-ring (bicyclic) bond motifs is 1. The van der Waals surface area contributed by atoms with E-state index < -0.39 is 11.8 Å². The third-order valence-electron chi connectivity index (χ3n) is 2.96. The standard InChI is InChI=1S/C14H10FN5O2S/c15-8-3-1-7(2-4-8)10-5-9-11(23-10)13(18-6-17-9)19-20-14(22)12(16)21/h1-6H,(H2,16,21)(H,20,22)(H,17,18,19). The summed E-state index contributed by atoms with van der Waals surface area (Å²) in [4.78, 5) is 30.9. The number of anilines is 1. The average Bonchev–Trinajstić information content (AvgIpc) is 2.97. The van der Waals surface area contributed by atoms with Crippen LogP contribution in [-0.4, -0.2) is 21.8 Å². The molecule has 0 fully saturated rings. The molecule has 0 saturated heterocycles. The highest BCUT2D eigenvalue weighted by molar-refractivity contribution is 7.22. The summed E-state index contributed by atoms with van der Waals surface area (Å²) >= 11 is 1.37. The highest BCUT2D eigenvalue weighted by atomic mass is 32.1. The van der Waals surface area contributed by atoms with E-state index in [0.717, 1.165) is 10.4 Å². The Bertz CT molecular complexity index is 894. The molecule has 116 valence electrons. The molecular weight excluding hydrogens is 321 g/mol. The molecule has 3 rings (SSSR count). The minimum Gasteiger partial charge on any atom is -0.361 e. The quantitative estimate of drug-likeness (QED) is 0.497. The van der Waals surface area contributed by atoms with Crippen LogP contribution in [0.3, 0.4) is 0 Å². The number of halogens is 1. The predicted octanol–water partition coefficient (Wildman–Crippen LogP) is 1.43. The van der Waals surface area contributed by atoms with Crippen LogP contribution in [0.5, 0.6) is 0 Å². The number of hydrazine groups is 1. The molecule has 7 nitrogen and oxygen atoms in total. The first kappa shape index (κ1) is 14.9. The molecule has 2 heterocycles. The van der Waals surface area contributed by atoms with Crippen LogP contribution in [0.2, 0.25) is 0 Å². The number of carbonyl (C=O) groups excluding carboxylic acids is 2. The molecule has 9 heteroatoms. The normalized spacial score (nSPS) is 10.5. The van der Waals surface area contributed by atoms with Crippen LogP contribution >= 0.6 is 11.3 Å². The van der Waals surface area contributed by atoms with Crippen molar-refractivity contribution in [3.05, 3.63) is 42.5 Å². The molecule has 2 aromatic heterocycles. The smallest absolute Gasteiger partial charge is 0.327 e. The van der Waals surface area contributed by atoms with E-state index in [-0.39, 0.29) is 5.82 Å².